The molecule has 2 aliphatic rings. The van der Waals surface area contributed by atoms with Crippen LogP contribution in [0.4, 0.5) is 4.39 Å². The van der Waals surface area contributed by atoms with E-state index in [1.807, 2.05) is 13.0 Å². The molecule has 1 fully saturated rings. The molecule has 1 heterocycles. The fourth-order valence-corrected chi connectivity index (χ4v) is 4.12. The number of hydrogen-bond donors (Lipinski definition) is 2. The zero-order valence-electron chi connectivity index (χ0n) is 15.0. The molecule has 2 aromatic rings. The maximum Gasteiger partial charge on any atom is 0.272 e. The summed E-state index contributed by atoms with van der Waals surface area (Å²) in [6.45, 7) is 1.84. The molecule has 26 heavy (non-hydrogen) atoms. The van der Waals surface area contributed by atoms with Crippen molar-refractivity contribution in [3.05, 3.63) is 46.5 Å². The minimum atomic E-state index is -0.502. The Labute approximate surface area is 152 Å². The van der Waals surface area contributed by atoms with E-state index in [1.165, 1.54) is 6.07 Å². The van der Waals surface area contributed by atoms with Crippen LogP contribution < -0.4 is 5.32 Å². The SMILES string of the molecule is Cc1ccc(-n2nc(C(=O)N[C@@H]3CCCC[C@H]3O)c3c2CCC3)c(F)c1. The Morgan fingerprint density at radius 2 is 2.08 bits per heavy atom. The average molecular weight is 357 g/mol. The third-order valence-electron chi connectivity index (χ3n) is 5.52. The topological polar surface area (TPSA) is 67.2 Å². The van der Waals surface area contributed by atoms with Gasteiger partial charge in [0.25, 0.3) is 5.91 Å². The number of halogens is 1. The van der Waals surface area contributed by atoms with Crippen molar-refractivity contribution in [1.29, 1.82) is 0 Å². The lowest BCUT2D eigenvalue weighted by Gasteiger charge is -2.28. The van der Waals surface area contributed by atoms with Crippen molar-refractivity contribution in [1.82, 2.24) is 15.1 Å². The van der Waals surface area contributed by atoms with Crippen LogP contribution in [0.3, 0.4) is 0 Å². The molecule has 1 amide bonds. The van der Waals surface area contributed by atoms with Gasteiger partial charge in [0.2, 0.25) is 0 Å². The Morgan fingerprint density at radius 1 is 1.27 bits per heavy atom. The second kappa shape index (κ2) is 6.83. The molecular formula is C20H24FN3O2. The third kappa shape index (κ3) is 3.03. The predicted molar refractivity (Wildman–Crippen MR) is 96.0 cm³/mol. The van der Waals surface area contributed by atoms with E-state index in [1.54, 1.807) is 10.7 Å². The standard InChI is InChI=1S/C20H24FN3O2/c1-12-9-10-17(14(21)11-12)24-16-7-4-5-13(16)19(23-24)20(26)22-15-6-2-3-8-18(15)25/h9-11,15,18,25H,2-8H2,1H3,(H,22,26)/t15-,18-/m1/s1. The van der Waals surface area contributed by atoms with Crippen molar-refractivity contribution in [2.75, 3.05) is 0 Å². The van der Waals surface area contributed by atoms with Gasteiger partial charge in [-0.1, -0.05) is 18.9 Å². The second-order valence-corrected chi connectivity index (χ2v) is 7.43. The van der Waals surface area contributed by atoms with Crippen LogP contribution in [-0.4, -0.2) is 32.9 Å². The number of aryl methyl sites for hydroxylation is 1. The molecule has 2 atom stereocenters. The highest BCUT2D eigenvalue weighted by atomic mass is 19.1. The number of hydrogen-bond acceptors (Lipinski definition) is 3. The van der Waals surface area contributed by atoms with Crippen molar-refractivity contribution in [3.63, 3.8) is 0 Å². The lowest BCUT2D eigenvalue weighted by molar-refractivity contribution is 0.0713. The number of carbonyl (C=O) groups is 1. The van der Waals surface area contributed by atoms with Gasteiger partial charge in [0.15, 0.2) is 5.69 Å². The Bertz CT molecular complexity index is 846. The summed E-state index contributed by atoms with van der Waals surface area (Å²) >= 11 is 0. The molecule has 5 nitrogen and oxygen atoms in total. The number of nitrogens with one attached hydrogen (secondary N) is 1. The summed E-state index contributed by atoms with van der Waals surface area (Å²) in [5, 5.41) is 17.5. The van der Waals surface area contributed by atoms with Gasteiger partial charge in [-0.05, 0) is 56.7 Å². The van der Waals surface area contributed by atoms with E-state index in [0.717, 1.165) is 55.3 Å². The van der Waals surface area contributed by atoms with Crippen LogP contribution in [0.1, 0.15) is 59.4 Å². The van der Waals surface area contributed by atoms with E-state index in [9.17, 15) is 14.3 Å². The van der Waals surface area contributed by atoms with Gasteiger partial charge in [0.1, 0.15) is 11.5 Å². The zero-order valence-corrected chi connectivity index (χ0v) is 15.0. The molecule has 0 saturated heterocycles. The van der Waals surface area contributed by atoms with Crippen LogP contribution in [0.5, 0.6) is 0 Å². The Hall–Kier alpha value is -2.21. The molecule has 138 valence electrons. The maximum atomic E-state index is 14.4. The number of amides is 1. The number of aliphatic hydroxyl groups is 1. The van der Waals surface area contributed by atoms with E-state index in [4.69, 9.17) is 0 Å². The largest absolute Gasteiger partial charge is 0.391 e. The van der Waals surface area contributed by atoms with E-state index in [-0.39, 0.29) is 17.8 Å². The van der Waals surface area contributed by atoms with Gasteiger partial charge < -0.3 is 10.4 Å². The maximum absolute atomic E-state index is 14.4. The first-order valence-electron chi connectivity index (χ1n) is 9.41. The quantitative estimate of drug-likeness (QED) is 0.888. The summed E-state index contributed by atoms with van der Waals surface area (Å²) in [5.41, 5.74) is 3.43. The lowest BCUT2D eigenvalue weighted by atomic mass is 9.92. The smallest absolute Gasteiger partial charge is 0.272 e. The molecule has 1 saturated carbocycles. The number of nitrogens with zero attached hydrogens (tertiary/aromatic N) is 2. The first-order valence-corrected chi connectivity index (χ1v) is 9.41. The summed E-state index contributed by atoms with van der Waals surface area (Å²) in [6, 6.07) is 4.81. The van der Waals surface area contributed by atoms with E-state index >= 15 is 0 Å². The fraction of sp³-hybridized carbons (Fsp3) is 0.500. The summed E-state index contributed by atoms with van der Waals surface area (Å²) in [4.78, 5) is 12.8. The molecular weight excluding hydrogens is 333 g/mol. The molecule has 4 rings (SSSR count). The van der Waals surface area contributed by atoms with Gasteiger partial charge >= 0.3 is 0 Å². The first kappa shape index (κ1) is 17.2. The number of benzene rings is 1. The van der Waals surface area contributed by atoms with Gasteiger partial charge in [-0.15, -0.1) is 0 Å². The van der Waals surface area contributed by atoms with E-state index in [0.29, 0.717) is 17.8 Å². The van der Waals surface area contributed by atoms with E-state index in [2.05, 4.69) is 10.4 Å². The molecule has 0 spiro atoms. The van der Waals surface area contributed by atoms with Crippen molar-refractivity contribution in [2.45, 2.75) is 64.0 Å². The Morgan fingerprint density at radius 3 is 2.85 bits per heavy atom. The number of rotatable bonds is 3. The number of aliphatic hydroxyl groups excluding tert-OH is 1. The Kier molecular flexibility index (Phi) is 4.53. The van der Waals surface area contributed by atoms with Crippen LogP contribution in [0.25, 0.3) is 5.69 Å². The zero-order chi connectivity index (χ0) is 18.3. The third-order valence-corrected chi connectivity index (χ3v) is 5.52. The van der Waals surface area contributed by atoms with Gasteiger partial charge in [-0.2, -0.15) is 5.10 Å². The first-order chi connectivity index (χ1) is 12.5. The minimum absolute atomic E-state index is 0.227. The van der Waals surface area contributed by atoms with Crippen LogP contribution in [0.15, 0.2) is 18.2 Å². The molecule has 0 bridgehead atoms. The number of aromatic nitrogens is 2. The molecule has 0 radical (unpaired) electrons. The summed E-state index contributed by atoms with van der Waals surface area (Å²) in [6.07, 6.45) is 5.49. The Balaban J connectivity index is 1.66. The molecule has 1 aromatic carbocycles. The van der Waals surface area contributed by atoms with Crippen molar-refractivity contribution >= 4 is 5.91 Å². The molecule has 0 aliphatic heterocycles. The van der Waals surface area contributed by atoms with Gasteiger partial charge in [0.05, 0.1) is 12.1 Å². The molecule has 2 N–H and O–H groups in total. The van der Waals surface area contributed by atoms with Crippen molar-refractivity contribution < 1.29 is 14.3 Å². The highest BCUT2D eigenvalue weighted by Crippen LogP contribution is 2.29. The minimum Gasteiger partial charge on any atom is -0.391 e. The fourth-order valence-electron chi connectivity index (χ4n) is 4.12. The van der Waals surface area contributed by atoms with E-state index < -0.39 is 6.10 Å². The number of fused-ring (bicyclic) bond motifs is 1. The van der Waals surface area contributed by atoms with Gasteiger partial charge in [-0.3, -0.25) is 4.79 Å². The summed E-state index contributed by atoms with van der Waals surface area (Å²) in [5.74, 6) is -0.600. The van der Waals surface area contributed by atoms with Crippen LogP contribution in [0.2, 0.25) is 0 Å². The van der Waals surface area contributed by atoms with Crippen molar-refractivity contribution in [2.24, 2.45) is 0 Å². The lowest BCUT2D eigenvalue weighted by Crippen LogP contribution is -2.45. The highest BCUT2D eigenvalue weighted by Gasteiger charge is 2.31. The second-order valence-electron chi connectivity index (χ2n) is 7.43. The van der Waals surface area contributed by atoms with Crippen LogP contribution in [0, 0.1) is 12.7 Å². The molecule has 0 unspecified atom stereocenters. The molecule has 1 aromatic heterocycles. The van der Waals surface area contributed by atoms with Gasteiger partial charge in [-0.25, -0.2) is 9.07 Å². The van der Waals surface area contributed by atoms with Crippen LogP contribution in [-0.2, 0) is 12.8 Å². The highest BCUT2D eigenvalue weighted by molar-refractivity contribution is 5.94. The van der Waals surface area contributed by atoms with Crippen molar-refractivity contribution in [3.8, 4) is 5.69 Å². The van der Waals surface area contributed by atoms with Gasteiger partial charge in [0, 0.05) is 11.3 Å². The van der Waals surface area contributed by atoms with Crippen LogP contribution >= 0.6 is 0 Å². The summed E-state index contributed by atoms with van der Waals surface area (Å²) < 4.78 is 16.0. The molecule has 6 heteroatoms. The average Bonchev–Trinajstić information content (AvgIpc) is 3.20. The number of carbonyl (C=O) groups excluding carboxylic acids is 1. The monoisotopic (exact) mass is 357 g/mol. The normalized spacial score (nSPS) is 22.3. The molecule has 2 aliphatic carbocycles. The summed E-state index contributed by atoms with van der Waals surface area (Å²) in [7, 11) is 0. The predicted octanol–water partition coefficient (Wildman–Crippen LogP) is 2.84.